The van der Waals surface area contributed by atoms with E-state index in [0.717, 1.165) is 38.5 Å². The lowest BCUT2D eigenvalue weighted by Gasteiger charge is -2.39. The smallest absolute Gasteiger partial charge is 0.462 e. The number of hydrogen-bond acceptors (Lipinski definition) is 13. The highest BCUT2D eigenvalue weighted by Crippen LogP contribution is 2.43. The molecule has 368 valence electrons. The maximum atomic E-state index is 12.8. The summed E-state index contributed by atoms with van der Waals surface area (Å²) in [7, 11) is -4.71. The molecule has 1 aliphatic heterocycles. The molecular formula is C47H91O14P. The molecule has 7 atom stereocenters. The molecule has 1 heterocycles. The maximum Gasteiger partial charge on any atom is 0.472 e. The minimum absolute atomic E-state index is 0.157. The number of carbonyl (C=O) groups excluding carboxylic acids is 2. The number of carbonyl (C=O) groups is 2. The molecule has 0 radical (unpaired) electrons. The quantitative estimate of drug-likeness (QED) is 0.0219. The van der Waals surface area contributed by atoms with Gasteiger partial charge in [0.05, 0.1) is 26.4 Å². The van der Waals surface area contributed by atoms with E-state index in [1.807, 2.05) is 0 Å². The molecule has 7 unspecified atom stereocenters. The predicted molar refractivity (Wildman–Crippen MR) is 241 cm³/mol. The molecule has 1 aliphatic rings. The lowest BCUT2D eigenvalue weighted by molar-refractivity contribution is -0.301. The minimum atomic E-state index is -4.71. The number of unbranched alkanes of at least 4 members (excludes halogenated alkanes) is 28. The van der Waals surface area contributed by atoms with Gasteiger partial charge in [-0.05, 0) is 12.8 Å². The molecule has 0 aromatic carbocycles. The van der Waals surface area contributed by atoms with Gasteiger partial charge in [-0.1, -0.05) is 194 Å². The zero-order valence-electron chi connectivity index (χ0n) is 39.0. The third kappa shape index (κ3) is 32.5. The first kappa shape index (κ1) is 58.8. The highest BCUT2D eigenvalue weighted by atomic mass is 31.2. The molecule has 0 saturated carbocycles. The highest BCUT2D eigenvalue weighted by Gasteiger charge is 2.44. The van der Waals surface area contributed by atoms with E-state index in [-0.39, 0.29) is 26.1 Å². The molecule has 0 bridgehead atoms. The number of hydrogen-bond donors (Lipinski definition) is 5. The van der Waals surface area contributed by atoms with Crippen molar-refractivity contribution < 1.29 is 67.5 Å². The van der Waals surface area contributed by atoms with Crippen molar-refractivity contribution >= 4 is 19.8 Å². The number of phosphoric acid groups is 1. The third-order valence-electron chi connectivity index (χ3n) is 11.6. The highest BCUT2D eigenvalue weighted by molar-refractivity contribution is 7.47. The zero-order valence-corrected chi connectivity index (χ0v) is 39.9. The van der Waals surface area contributed by atoms with Crippen LogP contribution in [0.3, 0.4) is 0 Å². The van der Waals surface area contributed by atoms with Gasteiger partial charge in [0.25, 0.3) is 0 Å². The van der Waals surface area contributed by atoms with Gasteiger partial charge in [0.1, 0.15) is 31.0 Å². The van der Waals surface area contributed by atoms with Gasteiger partial charge in [-0.2, -0.15) is 0 Å². The minimum Gasteiger partial charge on any atom is -0.462 e. The van der Waals surface area contributed by atoms with Gasteiger partial charge >= 0.3 is 19.8 Å². The summed E-state index contributed by atoms with van der Waals surface area (Å²) in [6.45, 7) is 2.05. The van der Waals surface area contributed by atoms with Crippen LogP contribution in [0.2, 0.25) is 0 Å². The summed E-state index contributed by atoms with van der Waals surface area (Å²) < 4.78 is 44.2. The number of rotatable bonds is 44. The van der Waals surface area contributed by atoms with E-state index in [4.69, 9.17) is 28.0 Å². The zero-order chi connectivity index (χ0) is 45.5. The Morgan fingerprint density at radius 3 is 1.35 bits per heavy atom. The normalized spacial score (nSPS) is 20.5. The Balaban J connectivity index is 2.40. The van der Waals surface area contributed by atoms with Crippen molar-refractivity contribution in [2.24, 2.45) is 0 Å². The Labute approximate surface area is 375 Å². The fourth-order valence-electron chi connectivity index (χ4n) is 7.64. The molecule has 14 nitrogen and oxygen atoms in total. The van der Waals surface area contributed by atoms with Gasteiger partial charge in [-0.15, -0.1) is 0 Å². The van der Waals surface area contributed by atoms with E-state index >= 15 is 0 Å². The monoisotopic (exact) mass is 911 g/mol. The summed E-state index contributed by atoms with van der Waals surface area (Å²) in [5.74, 6) is -0.967. The van der Waals surface area contributed by atoms with E-state index < -0.39 is 76.4 Å². The standard InChI is InChI=1S/C47H91O14P/c1-3-5-7-9-11-13-15-17-19-21-23-25-27-29-31-33-42(49)57-38-40(60-43(50)34-32-30-28-26-24-22-20-18-16-14-12-10-8-6-4-2)39-59-62(54,55)58-36-35-56-47-46(53)45(52)44(51)41(37-48)61-47/h40-41,44-48,51-53H,3-39H2,1-2H3,(H,54,55). The number of aliphatic hydroxyl groups excluding tert-OH is 4. The number of esters is 2. The Morgan fingerprint density at radius 2 is 0.935 bits per heavy atom. The number of phosphoric ester groups is 1. The Bertz CT molecular complexity index is 1100. The van der Waals surface area contributed by atoms with E-state index in [0.29, 0.717) is 12.8 Å². The van der Waals surface area contributed by atoms with Crippen LogP contribution in [-0.2, 0) is 42.1 Å². The Hall–Kier alpha value is -1.19. The largest absolute Gasteiger partial charge is 0.472 e. The average molecular weight is 911 g/mol. The molecule has 1 rings (SSSR count). The fourth-order valence-corrected chi connectivity index (χ4v) is 8.37. The van der Waals surface area contributed by atoms with Crippen LogP contribution in [0.1, 0.15) is 219 Å². The van der Waals surface area contributed by atoms with Gasteiger partial charge in [0.2, 0.25) is 0 Å². The third-order valence-corrected chi connectivity index (χ3v) is 12.6. The second-order valence-corrected chi connectivity index (χ2v) is 18.8. The van der Waals surface area contributed by atoms with Crippen molar-refractivity contribution in [3.63, 3.8) is 0 Å². The van der Waals surface area contributed by atoms with E-state index in [1.165, 1.54) is 141 Å². The van der Waals surface area contributed by atoms with Crippen LogP contribution < -0.4 is 0 Å². The van der Waals surface area contributed by atoms with Crippen molar-refractivity contribution in [1.29, 1.82) is 0 Å². The number of aliphatic hydroxyl groups is 4. The van der Waals surface area contributed by atoms with Gasteiger partial charge in [0.15, 0.2) is 12.4 Å². The lowest BCUT2D eigenvalue weighted by Crippen LogP contribution is -2.59. The average Bonchev–Trinajstić information content (AvgIpc) is 3.25. The van der Waals surface area contributed by atoms with Crippen LogP contribution in [0, 0.1) is 0 Å². The van der Waals surface area contributed by atoms with E-state index in [2.05, 4.69) is 13.8 Å². The second-order valence-electron chi connectivity index (χ2n) is 17.4. The van der Waals surface area contributed by atoms with Crippen molar-refractivity contribution in [1.82, 2.24) is 0 Å². The lowest BCUT2D eigenvalue weighted by atomic mass is 9.99. The first-order valence-corrected chi connectivity index (χ1v) is 26.4. The Morgan fingerprint density at radius 1 is 0.532 bits per heavy atom. The van der Waals surface area contributed by atoms with Crippen molar-refractivity contribution in [3.8, 4) is 0 Å². The van der Waals surface area contributed by atoms with Crippen molar-refractivity contribution in [2.45, 2.75) is 256 Å². The topological polar surface area (TPSA) is 208 Å². The van der Waals surface area contributed by atoms with Gasteiger partial charge in [-0.25, -0.2) is 4.57 Å². The van der Waals surface area contributed by atoms with Gasteiger partial charge < -0.3 is 44.3 Å². The van der Waals surface area contributed by atoms with Gasteiger partial charge in [-0.3, -0.25) is 18.6 Å². The summed E-state index contributed by atoms with van der Waals surface area (Å²) in [6, 6.07) is 0. The number of ether oxygens (including phenoxy) is 4. The maximum absolute atomic E-state index is 12.8. The summed E-state index contributed by atoms with van der Waals surface area (Å²) in [6.07, 6.45) is 28.1. The molecule has 1 saturated heterocycles. The summed E-state index contributed by atoms with van der Waals surface area (Å²) in [5, 5.41) is 39.3. The van der Waals surface area contributed by atoms with Crippen LogP contribution in [-0.4, -0.2) is 107 Å². The molecule has 0 aliphatic carbocycles. The predicted octanol–water partition coefficient (Wildman–Crippen LogP) is 9.91. The van der Waals surface area contributed by atoms with Crippen LogP contribution in [0.15, 0.2) is 0 Å². The molecule has 62 heavy (non-hydrogen) atoms. The molecule has 0 aromatic heterocycles. The van der Waals surface area contributed by atoms with Crippen LogP contribution in [0.25, 0.3) is 0 Å². The van der Waals surface area contributed by atoms with Crippen molar-refractivity contribution in [2.75, 3.05) is 33.0 Å². The molecule has 0 aromatic rings. The van der Waals surface area contributed by atoms with Crippen LogP contribution >= 0.6 is 7.82 Å². The molecule has 1 fully saturated rings. The van der Waals surface area contributed by atoms with E-state index in [1.54, 1.807) is 0 Å². The summed E-state index contributed by atoms with van der Waals surface area (Å²) >= 11 is 0. The molecular weight excluding hydrogens is 819 g/mol. The van der Waals surface area contributed by atoms with E-state index in [9.17, 15) is 39.5 Å². The van der Waals surface area contributed by atoms with Crippen LogP contribution in [0.4, 0.5) is 0 Å². The fraction of sp³-hybridized carbons (Fsp3) is 0.957. The molecule has 0 spiro atoms. The van der Waals surface area contributed by atoms with Crippen molar-refractivity contribution in [3.05, 3.63) is 0 Å². The van der Waals surface area contributed by atoms with Crippen LogP contribution in [0.5, 0.6) is 0 Å². The summed E-state index contributed by atoms with van der Waals surface area (Å²) in [5.41, 5.74) is 0. The van der Waals surface area contributed by atoms with Gasteiger partial charge in [0, 0.05) is 12.8 Å². The summed E-state index contributed by atoms with van der Waals surface area (Å²) in [4.78, 5) is 35.7. The SMILES string of the molecule is CCCCCCCCCCCCCCCCCC(=O)OCC(COP(=O)(O)OCCOC1OC(CO)C(O)C(O)C1O)OC(=O)CCCCCCCCCCCCCCCCC. The molecule has 0 amide bonds. The second kappa shape index (κ2) is 40.1. The first-order chi connectivity index (χ1) is 30.0. The molecule has 5 N–H and O–H groups in total. The Kier molecular flexibility index (Phi) is 38.1. The first-order valence-electron chi connectivity index (χ1n) is 24.9. The molecule has 15 heteroatoms.